The number of carbonyl (C=O) groups excluding carboxylic acids is 2. The second-order valence-corrected chi connectivity index (χ2v) is 7.51. The number of rotatable bonds is 9. The van der Waals surface area contributed by atoms with E-state index in [0.29, 0.717) is 35.0 Å². The molecule has 1 aliphatic heterocycles. The fraction of sp³-hybridized carbons (Fsp3) is 0.360. The van der Waals surface area contributed by atoms with Crippen LogP contribution in [0.15, 0.2) is 42.0 Å². The first kappa shape index (κ1) is 24.1. The first-order valence-corrected chi connectivity index (χ1v) is 10.6. The normalized spacial score (nSPS) is 17.4. The molecule has 0 aromatic heterocycles. The lowest BCUT2D eigenvalue weighted by atomic mass is 9.94. The zero-order valence-corrected chi connectivity index (χ0v) is 19.5. The van der Waals surface area contributed by atoms with Crippen LogP contribution in [0.2, 0.25) is 0 Å². The molecule has 0 saturated carbocycles. The lowest BCUT2D eigenvalue weighted by molar-refractivity contribution is -0.140. The zero-order chi connectivity index (χ0) is 24.1. The maximum absolute atomic E-state index is 13.1. The standard InChI is InChI=1S/C25H29NO7/c1-6-33-20-14-16(7-10-19(20)32-5)22-21(24(28)25(29)26(22)11-12-30-3)23(27)17-8-9-18(31-4)15(2)13-17/h7-10,13-14,22,27H,6,11-12H2,1-5H3/b23-21-. The molecule has 1 fully saturated rings. The van der Waals surface area contributed by atoms with Crippen LogP contribution >= 0.6 is 0 Å². The number of aliphatic hydroxyl groups excluding tert-OH is 1. The number of methoxy groups -OCH3 is 3. The van der Waals surface area contributed by atoms with Crippen molar-refractivity contribution >= 4 is 17.4 Å². The van der Waals surface area contributed by atoms with E-state index in [9.17, 15) is 14.7 Å². The third-order valence-electron chi connectivity index (χ3n) is 5.55. The van der Waals surface area contributed by atoms with Crippen molar-refractivity contribution in [3.8, 4) is 17.2 Å². The Morgan fingerprint density at radius 1 is 1.00 bits per heavy atom. The largest absolute Gasteiger partial charge is 0.507 e. The first-order chi connectivity index (χ1) is 15.9. The van der Waals surface area contributed by atoms with Crippen LogP contribution in [0.25, 0.3) is 5.76 Å². The molecule has 1 atom stereocenters. The predicted octanol–water partition coefficient (Wildman–Crippen LogP) is 3.48. The number of aryl methyl sites for hydroxylation is 1. The Kier molecular flexibility index (Phi) is 7.60. The summed E-state index contributed by atoms with van der Waals surface area (Å²) in [5, 5.41) is 11.2. The third kappa shape index (κ3) is 4.66. The van der Waals surface area contributed by atoms with Crippen molar-refractivity contribution < 1.29 is 33.6 Å². The number of carbonyl (C=O) groups is 2. The Morgan fingerprint density at radius 3 is 2.30 bits per heavy atom. The van der Waals surface area contributed by atoms with Crippen molar-refractivity contribution in [3.05, 3.63) is 58.7 Å². The third-order valence-corrected chi connectivity index (χ3v) is 5.55. The van der Waals surface area contributed by atoms with Gasteiger partial charge in [-0.05, 0) is 55.3 Å². The van der Waals surface area contributed by atoms with Gasteiger partial charge in [0.1, 0.15) is 11.5 Å². The van der Waals surface area contributed by atoms with Gasteiger partial charge < -0.3 is 29.0 Å². The molecule has 1 unspecified atom stereocenters. The topological polar surface area (TPSA) is 94.5 Å². The summed E-state index contributed by atoms with van der Waals surface area (Å²) < 4.78 is 21.5. The summed E-state index contributed by atoms with van der Waals surface area (Å²) in [7, 11) is 4.61. The average Bonchev–Trinajstić information content (AvgIpc) is 3.07. The van der Waals surface area contributed by atoms with Crippen molar-refractivity contribution in [2.75, 3.05) is 41.1 Å². The molecule has 2 aromatic carbocycles. The second-order valence-electron chi connectivity index (χ2n) is 7.51. The number of hydrogen-bond donors (Lipinski definition) is 1. The number of Topliss-reactive ketones (excluding diaryl/α,β-unsaturated/α-hetero) is 1. The Bertz CT molecular complexity index is 1080. The molecular weight excluding hydrogens is 426 g/mol. The van der Waals surface area contributed by atoms with Gasteiger partial charge in [0.05, 0.1) is 39.0 Å². The van der Waals surface area contributed by atoms with E-state index in [4.69, 9.17) is 18.9 Å². The Morgan fingerprint density at radius 2 is 1.70 bits per heavy atom. The number of ketones is 1. The van der Waals surface area contributed by atoms with Gasteiger partial charge in [-0.25, -0.2) is 0 Å². The summed E-state index contributed by atoms with van der Waals surface area (Å²) in [5.41, 5.74) is 1.82. The highest BCUT2D eigenvalue weighted by atomic mass is 16.5. The predicted molar refractivity (Wildman–Crippen MR) is 123 cm³/mol. The van der Waals surface area contributed by atoms with Gasteiger partial charge in [-0.2, -0.15) is 0 Å². The van der Waals surface area contributed by atoms with Crippen molar-refractivity contribution in [2.24, 2.45) is 0 Å². The van der Waals surface area contributed by atoms with Crippen LogP contribution in [0.5, 0.6) is 17.2 Å². The SMILES string of the molecule is CCOc1cc(C2/C(=C(/O)c3ccc(OC)c(C)c3)C(=O)C(=O)N2CCOC)ccc1OC. The highest BCUT2D eigenvalue weighted by Gasteiger charge is 2.46. The highest BCUT2D eigenvalue weighted by molar-refractivity contribution is 6.46. The minimum Gasteiger partial charge on any atom is -0.507 e. The first-order valence-electron chi connectivity index (χ1n) is 10.6. The minimum atomic E-state index is -0.812. The maximum atomic E-state index is 13.1. The van der Waals surface area contributed by atoms with Gasteiger partial charge in [0.15, 0.2) is 11.5 Å². The van der Waals surface area contributed by atoms with E-state index in [-0.39, 0.29) is 24.5 Å². The van der Waals surface area contributed by atoms with Crippen LogP contribution in [-0.2, 0) is 14.3 Å². The average molecular weight is 456 g/mol. The number of ether oxygens (including phenoxy) is 4. The van der Waals surface area contributed by atoms with Gasteiger partial charge in [0, 0.05) is 19.2 Å². The van der Waals surface area contributed by atoms with Gasteiger partial charge in [-0.3, -0.25) is 9.59 Å². The number of likely N-dealkylation sites (tertiary alicyclic amines) is 1. The van der Waals surface area contributed by atoms with E-state index in [1.165, 1.54) is 19.1 Å². The molecule has 0 bridgehead atoms. The molecule has 0 aliphatic carbocycles. The summed E-state index contributed by atoms with van der Waals surface area (Å²) >= 11 is 0. The minimum absolute atomic E-state index is 0.00767. The number of benzene rings is 2. The van der Waals surface area contributed by atoms with Crippen molar-refractivity contribution in [1.29, 1.82) is 0 Å². The van der Waals surface area contributed by atoms with Crippen molar-refractivity contribution in [2.45, 2.75) is 19.9 Å². The Hall–Kier alpha value is -3.52. The van der Waals surface area contributed by atoms with E-state index in [0.717, 1.165) is 5.56 Å². The zero-order valence-electron chi connectivity index (χ0n) is 19.5. The van der Waals surface area contributed by atoms with Gasteiger partial charge in [0.25, 0.3) is 11.7 Å². The molecule has 33 heavy (non-hydrogen) atoms. The summed E-state index contributed by atoms with van der Waals surface area (Å²) in [5.74, 6) is -0.0400. The molecule has 8 nitrogen and oxygen atoms in total. The van der Waals surface area contributed by atoms with Gasteiger partial charge in [-0.15, -0.1) is 0 Å². The molecule has 0 radical (unpaired) electrons. The summed E-state index contributed by atoms with van der Waals surface area (Å²) in [6.07, 6.45) is 0. The number of aliphatic hydroxyl groups is 1. The van der Waals surface area contributed by atoms with E-state index >= 15 is 0 Å². The molecule has 1 aliphatic rings. The Balaban J connectivity index is 2.19. The van der Waals surface area contributed by atoms with Crippen LogP contribution < -0.4 is 14.2 Å². The van der Waals surface area contributed by atoms with E-state index in [1.807, 2.05) is 13.8 Å². The fourth-order valence-electron chi connectivity index (χ4n) is 3.96. The number of amides is 1. The molecular formula is C25H29NO7. The molecule has 1 heterocycles. The van der Waals surface area contributed by atoms with Crippen LogP contribution in [-0.4, -0.2) is 62.8 Å². The molecule has 8 heteroatoms. The lowest BCUT2D eigenvalue weighted by Crippen LogP contribution is -2.32. The van der Waals surface area contributed by atoms with Crippen LogP contribution in [0.1, 0.15) is 29.7 Å². The lowest BCUT2D eigenvalue weighted by Gasteiger charge is -2.25. The summed E-state index contributed by atoms with van der Waals surface area (Å²) in [6, 6.07) is 9.46. The molecule has 1 N–H and O–H groups in total. The van der Waals surface area contributed by atoms with Crippen LogP contribution in [0.4, 0.5) is 0 Å². The van der Waals surface area contributed by atoms with Crippen molar-refractivity contribution in [1.82, 2.24) is 4.90 Å². The monoisotopic (exact) mass is 455 g/mol. The summed E-state index contributed by atoms with van der Waals surface area (Å²) in [4.78, 5) is 27.4. The van der Waals surface area contributed by atoms with Gasteiger partial charge in [-0.1, -0.05) is 6.07 Å². The molecule has 1 amide bonds. The smallest absolute Gasteiger partial charge is 0.295 e. The number of nitrogens with zero attached hydrogens (tertiary/aromatic N) is 1. The highest BCUT2D eigenvalue weighted by Crippen LogP contribution is 2.42. The fourth-order valence-corrected chi connectivity index (χ4v) is 3.96. The van der Waals surface area contributed by atoms with E-state index in [1.54, 1.807) is 43.5 Å². The Labute approximate surface area is 193 Å². The van der Waals surface area contributed by atoms with Gasteiger partial charge >= 0.3 is 0 Å². The van der Waals surface area contributed by atoms with Crippen LogP contribution in [0, 0.1) is 6.92 Å². The van der Waals surface area contributed by atoms with E-state index < -0.39 is 17.7 Å². The van der Waals surface area contributed by atoms with Crippen LogP contribution in [0.3, 0.4) is 0 Å². The maximum Gasteiger partial charge on any atom is 0.295 e. The summed E-state index contributed by atoms with van der Waals surface area (Å²) in [6.45, 7) is 4.51. The number of hydrogen-bond acceptors (Lipinski definition) is 7. The van der Waals surface area contributed by atoms with E-state index in [2.05, 4.69) is 0 Å². The molecule has 2 aromatic rings. The molecule has 0 spiro atoms. The van der Waals surface area contributed by atoms with Gasteiger partial charge in [0.2, 0.25) is 0 Å². The van der Waals surface area contributed by atoms with Crippen molar-refractivity contribution in [3.63, 3.8) is 0 Å². The molecule has 1 saturated heterocycles. The quantitative estimate of drug-likeness (QED) is 0.351. The second kappa shape index (κ2) is 10.4. The molecule has 176 valence electrons. The molecule has 3 rings (SSSR count).